The van der Waals surface area contributed by atoms with E-state index in [1.807, 2.05) is 0 Å². The molecule has 0 aliphatic heterocycles. The van der Waals surface area contributed by atoms with Gasteiger partial charge in [-0.25, -0.2) is 9.59 Å². The summed E-state index contributed by atoms with van der Waals surface area (Å²) < 4.78 is 26.7. The fraction of sp³-hybridized carbons (Fsp3) is 0.364. The highest BCUT2D eigenvalue weighted by molar-refractivity contribution is 5.92. The fourth-order valence-corrected chi connectivity index (χ4v) is 2.51. The molecule has 8 heteroatoms. The first-order chi connectivity index (χ1) is 14.1. The smallest absolute Gasteiger partial charge is 0.344 e. The van der Waals surface area contributed by atoms with Crippen molar-refractivity contribution < 1.29 is 38.4 Å². The largest absolute Gasteiger partial charge is 0.496 e. The van der Waals surface area contributed by atoms with E-state index in [0.29, 0.717) is 11.5 Å². The molecule has 2 aromatic rings. The van der Waals surface area contributed by atoms with Crippen LogP contribution in [0.15, 0.2) is 36.4 Å². The molecule has 0 atom stereocenters. The molecular formula is C22H26O8. The van der Waals surface area contributed by atoms with Gasteiger partial charge in [0.2, 0.25) is 0 Å². The Morgan fingerprint density at radius 2 is 1.53 bits per heavy atom. The number of ether oxygens (including phenoxy) is 5. The van der Waals surface area contributed by atoms with E-state index in [1.165, 1.54) is 26.4 Å². The molecule has 2 rings (SSSR count). The van der Waals surface area contributed by atoms with E-state index in [2.05, 4.69) is 0 Å². The van der Waals surface area contributed by atoms with Gasteiger partial charge in [0, 0.05) is 12.1 Å². The van der Waals surface area contributed by atoms with Gasteiger partial charge in [-0.2, -0.15) is 0 Å². The molecule has 0 heterocycles. The Balaban J connectivity index is 2.00. The molecule has 0 aliphatic rings. The van der Waals surface area contributed by atoms with Crippen LogP contribution in [0.4, 0.5) is 0 Å². The summed E-state index contributed by atoms with van der Waals surface area (Å²) in [5.41, 5.74) is 0.254. The van der Waals surface area contributed by atoms with Crippen LogP contribution in [-0.4, -0.2) is 43.5 Å². The third-order valence-electron chi connectivity index (χ3n) is 3.81. The van der Waals surface area contributed by atoms with Gasteiger partial charge >= 0.3 is 11.9 Å². The SMILES string of the molecule is COc1cc(C(=O)O)c(OC)cc1OCc1ccc(OCC(=O)OC(C)(C)C)cc1. The zero-order valence-electron chi connectivity index (χ0n) is 17.7. The highest BCUT2D eigenvalue weighted by Gasteiger charge is 2.18. The minimum absolute atomic E-state index is 0.0202. The summed E-state index contributed by atoms with van der Waals surface area (Å²) in [5.74, 6) is -0.242. The number of rotatable bonds is 9. The first-order valence-electron chi connectivity index (χ1n) is 9.18. The molecule has 0 amide bonds. The van der Waals surface area contributed by atoms with Crippen LogP contribution in [0.2, 0.25) is 0 Å². The summed E-state index contributed by atoms with van der Waals surface area (Å²) >= 11 is 0. The number of carboxylic acids is 1. The molecule has 0 bridgehead atoms. The van der Waals surface area contributed by atoms with E-state index >= 15 is 0 Å². The molecule has 0 unspecified atom stereocenters. The monoisotopic (exact) mass is 418 g/mol. The number of carbonyl (C=O) groups excluding carboxylic acids is 1. The number of carboxylic acid groups (broad SMARTS) is 1. The lowest BCUT2D eigenvalue weighted by atomic mass is 10.1. The minimum Gasteiger partial charge on any atom is -0.496 e. The Bertz CT molecular complexity index is 881. The van der Waals surface area contributed by atoms with Crippen molar-refractivity contribution in [3.8, 4) is 23.0 Å². The summed E-state index contributed by atoms with van der Waals surface area (Å²) in [5, 5.41) is 9.26. The molecule has 0 saturated heterocycles. The quantitative estimate of drug-likeness (QED) is 0.615. The summed E-state index contributed by atoms with van der Waals surface area (Å²) in [6.45, 7) is 5.40. The average Bonchev–Trinajstić information content (AvgIpc) is 2.69. The zero-order valence-corrected chi connectivity index (χ0v) is 17.7. The maximum atomic E-state index is 11.7. The van der Waals surface area contributed by atoms with Crippen LogP contribution in [0.3, 0.4) is 0 Å². The van der Waals surface area contributed by atoms with E-state index in [1.54, 1.807) is 45.0 Å². The molecule has 0 saturated carbocycles. The third-order valence-corrected chi connectivity index (χ3v) is 3.81. The van der Waals surface area contributed by atoms with Crippen molar-refractivity contribution in [3.63, 3.8) is 0 Å². The Kier molecular flexibility index (Phi) is 7.52. The lowest BCUT2D eigenvalue weighted by Crippen LogP contribution is -2.27. The van der Waals surface area contributed by atoms with Crippen LogP contribution in [-0.2, 0) is 16.1 Å². The van der Waals surface area contributed by atoms with Crippen molar-refractivity contribution in [2.75, 3.05) is 20.8 Å². The molecule has 0 radical (unpaired) electrons. The zero-order chi connectivity index (χ0) is 22.3. The molecule has 0 spiro atoms. The van der Waals surface area contributed by atoms with E-state index < -0.39 is 17.5 Å². The van der Waals surface area contributed by atoms with Crippen molar-refractivity contribution in [2.24, 2.45) is 0 Å². The Morgan fingerprint density at radius 3 is 2.07 bits per heavy atom. The molecule has 30 heavy (non-hydrogen) atoms. The highest BCUT2D eigenvalue weighted by Crippen LogP contribution is 2.35. The fourth-order valence-electron chi connectivity index (χ4n) is 2.51. The number of esters is 1. The van der Waals surface area contributed by atoms with E-state index in [-0.39, 0.29) is 30.3 Å². The second kappa shape index (κ2) is 9.87. The second-order valence-electron chi connectivity index (χ2n) is 7.32. The van der Waals surface area contributed by atoms with Gasteiger partial charge in [-0.1, -0.05) is 12.1 Å². The normalized spacial score (nSPS) is 10.8. The predicted molar refractivity (Wildman–Crippen MR) is 109 cm³/mol. The van der Waals surface area contributed by atoms with Gasteiger partial charge in [-0.15, -0.1) is 0 Å². The summed E-state index contributed by atoms with van der Waals surface area (Å²) in [6.07, 6.45) is 0. The van der Waals surface area contributed by atoms with E-state index in [4.69, 9.17) is 23.7 Å². The maximum absolute atomic E-state index is 11.7. The lowest BCUT2D eigenvalue weighted by Gasteiger charge is -2.19. The van der Waals surface area contributed by atoms with Gasteiger partial charge in [0.05, 0.1) is 14.2 Å². The van der Waals surface area contributed by atoms with Crippen molar-refractivity contribution in [1.29, 1.82) is 0 Å². The molecule has 1 N–H and O–H groups in total. The highest BCUT2D eigenvalue weighted by atomic mass is 16.6. The molecule has 0 aromatic heterocycles. The van der Waals surface area contributed by atoms with E-state index in [9.17, 15) is 14.7 Å². The summed E-state index contributed by atoms with van der Waals surface area (Å²) in [6, 6.07) is 9.84. The number of hydrogen-bond donors (Lipinski definition) is 1. The third kappa shape index (κ3) is 6.58. The molecule has 0 aliphatic carbocycles. The van der Waals surface area contributed by atoms with E-state index in [0.717, 1.165) is 5.56 Å². The molecule has 8 nitrogen and oxygen atoms in total. The first-order valence-corrected chi connectivity index (χ1v) is 9.18. The van der Waals surface area contributed by atoms with Crippen LogP contribution in [0.5, 0.6) is 23.0 Å². The number of methoxy groups -OCH3 is 2. The summed E-state index contributed by atoms with van der Waals surface area (Å²) in [4.78, 5) is 23.0. The van der Waals surface area contributed by atoms with Gasteiger partial charge in [0.25, 0.3) is 0 Å². The van der Waals surface area contributed by atoms with Crippen LogP contribution in [0.1, 0.15) is 36.7 Å². The van der Waals surface area contributed by atoms with Gasteiger partial charge in [0.1, 0.15) is 29.3 Å². The number of benzene rings is 2. The molecular weight excluding hydrogens is 392 g/mol. The number of hydrogen-bond acceptors (Lipinski definition) is 7. The number of aromatic carboxylic acids is 1. The lowest BCUT2D eigenvalue weighted by molar-refractivity contribution is -0.157. The first kappa shape index (κ1) is 22.9. The maximum Gasteiger partial charge on any atom is 0.344 e. The Morgan fingerprint density at radius 1 is 0.900 bits per heavy atom. The van der Waals surface area contributed by atoms with Gasteiger partial charge < -0.3 is 28.8 Å². The average molecular weight is 418 g/mol. The predicted octanol–water partition coefficient (Wildman–Crippen LogP) is 3.70. The van der Waals surface area contributed by atoms with Crippen molar-refractivity contribution in [2.45, 2.75) is 33.0 Å². The van der Waals surface area contributed by atoms with Crippen LogP contribution in [0, 0.1) is 0 Å². The topological polar surface area (TPSA) is 101 Å². The van der Waals surface area contributed by atoms with Gasteiger partial charge in [0.15, 0.2) is 18.1 Å². The van der Waals surface area contributed by atoms with Crippen LogP contribution in [0.25, 0.3) is 0 Å². The summed E-state index contributed by atoms with van der Waals surface area (Å²) in [7, 11) is 2.81. The Labute approximate surface area is 175 Å². The van der Waals surface area contributed by atoms with Crippen molar-refractivity contribution in [1.82, 2.24) is 0 Å². The molecule has 2 aromatic carbocycles. The van der Waals surface area contributed by atoms with Crippen LogP contribution >= 0.6 is 0 Å². The minimum atomic E-state index is -1.13. The van der Waals surface area contributed by atoms with Crippen LogP contribution < -0.4 is 18.9 Å². The van der Waals surface area contributed by atoms with Gasteiger partial charge in [-0.05, 0) is 38.5 Å². The van der Waals surface area contributed by atoms with Gasteiger partial charge in [-0.3, -0.25) is 0 Å². The number of carbonyl (C=O) groups is 2. The van der Waals surface area contributed by atoms with Crippen molar-refractivity contribution >= 4 is 11.9 Å². The van der Waals surface area contributed by atoms with Crippen molar-refractivity contribution in [3.05, 3.63) is 47.5 Å². The second-order valence-corrected chi connectivity index (χ2v) is 7.32. The Hall–Kier alpha value is -3.42. The standard InChI is InChI=1S/C22H26O8/c1-22(2,3)30-20(23)13-28-15-8-6-14(7-9-15)12-29-19-11-17(26-4)16(21(24)25)10-18(19)27-5/h6-11H,12-13H2,1-5H3,(H,24,25). The molecule has 0 fully saturated rings. The molecule has 162 valence electrons.